The SMILES string of the molecule is C=CCOc1ccc(/C=N/NC(=O)CN(c2ccccc2F)S(=O)(=O)c2ccc(C)cc2)cc1OCC. The second kappa shape index (κ2) is 12.7. The lowest BCUT2D eigenvalue weighted by Crippen LogP contribution is -2.40. The van der Waals surface area contributed by atoms with Crippen molar-refractivity contribution in [3.63, 3.8) is 0 Å². The molecule has 0 heterocycles. The van der Waals surface area contributed by atoms with Gasteiger partial charge in [0.05, 0.1) is 23.4 Å². The molecule has 0 aliphatic rings. The van der Waals surface area contributed by atoms with Gasteiger partial charge in [0.15, 0.2) is 11.5 Å². The van der Waals surface area contributed by atoms with Gasteiger partial charge >= 0.3 is 0 Å². The summed E-state index contributed by atoms with van der Waals surface area (Å²) in [5, 5.41) is 3.92. The van der Waals surface area contributed by atoms with E-state index in [0.717, 1.165) is 15.9 Å². The zero-order valence-corrected chi connectivity index (χ0v) is 21.4. The molecule has 10 heteroatoms. The number of nitrogens with zero attached hydrogens (tertiary/aromatic N) is 2. The molecule has 0 bridgehead atoms. The van der Waals surface area contributed by atoms with Gasteiger partial charge in [-0.15, -0.1) is 0 Å². The number of carbonyl (C=O) groups excluding carboxylic acids is 1. The van der Waals surface area contributed by atoms with Gasteiger partial charge in [0.25, 0.3) is 15.9 Å². The molecule has 3 aromatic rings. The van der Waals surface area contributed by atoms with Gasteiger partial charge in [0.2, 0.25) is 0 Å². The van der Waals surface area contributed by atoms with Crippen LogP contribution in [-0.4, -0.2) is 40.3 Å². The van der Waals surface area contributed by atoms with Gasteiger partial charge < -0.3 is 9.47 Å². The fraction of sp³-hybridized carbons (Fsp3) is 0.185. The zero-order chi connectivity index (χ0) is 26.8. The number of carbonyl (C=O) groups is 1. The molecule has 0 unspecified atom stereocenters. The Labute approximate surface area is 216 Å². The predicted molar refractivity (Wildman–Crippen MR) is 141 cm³/mol. The summed E-state index contributed by atoms with van der Waals surface area (Å²) in [6.45, 7) is 7.32. The van der Waals surface area contributed by atoms with E-state index in [-0.39, 0.29) is 10.6 Å². The van der Waals surface area contributed by atoms with E-state index in [2.05, 4.69) is 17.1 Å². The first kappa shape index (κ1) is 27.4. The molecule has 0 aliphatic heterocycles. The minimum atomic E-state index is -4.25. The number of benzene rings is 3. The molecule has 37 heavy (non-hydrogen) atoms. The van der Waals surface area contributed by atoms with E-state index in [4.69, 9.17) is 9.47 Å². The number of hydrogen-bond acceptors (Lipinski definition) is 6. The predicted octanol–water partition coefficient (Wildman–Crippen LogP) is 4.44. The molecule has 1 amide bonds. The van der Waals surface area contributed by atoms with Gasteiger partial charge in [-0.2, -0.15) is 5.10 Å². The maximum atomic E-state index is 14.6. The third-order valence-corrected chi connectivity index (χ3v) is 6.82. The second-order valence-electron chi connectivity index (χ2n) is 7.81. The minimum absolute atomic E-state index is 0.0696. The van der Waals surface area contributed by atoms with E-state index in [1.54, 1.807) is 36.4 Å². The van der Waals surface area contributed by atoms with Crippen LogP contribution in [0.15, 0.2) is 89.4 Å². The van der Waals surface area contributed by atoms with E-state index in [0.29, 0.717) is 30.3 Å². The Bertz CT molecular complexity index is 1380. The first-order valence-electron chi connectivity index (χ1n) is 11.4. The van der Waals surface area contributed by atoms with Crippen molar-refractivity contribution in [1.29, 1.82) is 0 Å². The van der Waals surface area contributed by atoms with Gasteiger partial charge in [-0.1, -0.05) is 42.5 Å². The third kappa shape index (κ3) is 7.17. The fourth-order valence-electron chi connectivity index (χ4n) is 3.28. The fourth-order valence-corrected chi connectivity index (χ4v) is 4.71. The van der Waals surface area contributed by atoms with Crippen molar-refractivity contribution < 1.29 is 27.1 Å². The number of hydrazone groups is 1. The van der Waals surface area contributed by atoms with Crippen LogP contribution in [0.4, 0.5) is 10.1 Å². The number of aryl methyl sites for hydroxylation is 1. The lowest BCUT2D eigenvalue weighted by atomic mass is 10.2. The number of ether oxygens (including phenoxy) is 2. The highest BCUT2D eigenvalue weighted by atomic mass is 32.2. The minimum Gasteiger partial charge on any atom is -0.490 e. The molecule has 1 N–H and O–H groups in total. The molecular formula is C27H28FN3O5S. The second-order valence-corrected chi connectivity index (χ2v) is 9.67. The summed E-state index contributed by atoms with van der Waals surface area (Å²) in [5.41, 5.74) is 3.51. The van der Waals surface area contributed by atoms with Crippen LogP contribution in [0.25, 0.3) is 0 Å². The van der Waals surface area contributed by atoms with Crippen molar-refractivity contribution in [2.24, 2.45) is 5.10 Å². The molecule has 0 aliphatic carbocycles. The van der Waals surface area contributed by atoms with Crippen LogP contribution in [0.3, 0.4) is 0 Å². The number of anilines is 1. The maximum Gasteiger partial charge on any atom is 0.264 e. The quantitative estimate of drug-likeness (QED) is 0.214. The molecule has 0 aromatic heterocycles. The van der Waals surface area contributed by atoms with Crippen LogP contribution in [-0.2, 0) is 14.8 Å². The van der Waals surface area contributed by atoms with Gasteiger partial charge in [0.1, 0.15) is 19.0 Å². The lowest BCUT2D eigenvalue weighted by molar-refractivity contribution is -0.119. The van der Waals surface area contributed by atoms with Crippen molar-refractivity contribution >= 4 is 27.8 Å². The van der Waals surface area contributed by atoms with Gasteiger partial charge in [-0.25, -0.2) is 18.2 Å². The van der Waals surface area contributed by atoms with Crippen molar-refractivity contribution in [3.8, 4) is 11.5 Å². The van der Waals surface area contributed by atoms with E-state index < -0.39 is 28.3 Å². The van der Waals surface area contributed by atoms with Crippen LogP contribution in [0.5, 0.6) is 11.5 Å². The first-order chi connectivity index (χ1) is 17.8. The standard InChI is InChI=1S/C27H28FN3O5S/c1-4-16-36-25-15-12-21(17-26(25)35-5-2)18-29-30-27(32)19-31(24-9-7-6-8-23(24)28)37(33,34)22-13-10-20(3)11-14-22/h4,6-15,17-18H,1,5,16,19H2,2-3H3,(H,30,32)/b29-18+. The molecule has 0 spiro atoms. The monoisotopic (exact) mass is 525 g/mol. The van der Waals surface area contributed by atoms with Crippen LogP contribution in [0, 0.1) is 12.7 Å². The smallest absolute Gasteiger partial charge is 0.264 e. The number of rotatable bonds is 12. The number of amides is 1. The average molecular weight is 526 g/mol. The zero-order valence-electron chi connectivity index (χ0n) is 20.6. The Morgan fingerprint density at radius 2 is 1.81 bits per heavy atom. The Kier molecular flexibility index (Phi) is 9.39. The topological polar surface area (TPSA) is 97.3 Å². The Hall–Kier alpha value is -4.18. The Balaban J connectivity index is 1.80. The van der Waals surface area contributed by atoms with Crippen LogP contribution in [0.1, 0.15) is 18.1 Å². The van der Waals surface area contributed by atoms with Gasteiger partial charge in [0, 0.05) is 0 Å². The Morgan fingerprint density at radius 3 is 2.49 bits per heavy atom. The third-order valence-electron chi connectivity index (χ3n) is 5.04. The summed E-state index contributed by atoms with van der Waals surface area (Å²) < 4.78 is 53.1. The van der Waals surface area contributed by atoms with Crippen LogP contribution < -0.4 is 19.2 Å². The lowest BCUT2D eigenvalue weighted by Gasteiger charge is -2.24. The van der Waals surface area contributed by atoms with E-state index in [9.17, 15) is 17.6 Å². The van der Waals surface area contributed by atoms with E-state index >= 15 is 0 Å². The number of sulfonamides is 1. The molecule has 194 valence electrons. The molecule has 0 saturated carbocycles. The molecule has 3 aromatic carbocycles. The molecule has 8 nitrogen and oxygen atoms in total. The number of halogens is 1. The highest BCUT2D eigenvalue weighted by Gasteiger charge is 2.29. The molecule has 0 saturated heterocycles. The summed E-state index contributed by atoms with van der Waals surface area (Å²) in [5.74, 6) is -0.512. The Morgan fingerprint density at radius 1 is 1.08 bits per heavy atom. The molecular weight excluding hydrogens is 497 g/mol. The van der Waals surface area contributed by atoms with Crippen molar-refractivity contribution in [3.05, 3.63) is 96.3 Å². The summed E-state index contributed by atoms with van der Waals surface area (Å²) in [6.07, 6.45) is 2.99. The number of hydrogen-bond donors (Lipinski definition) is 1. The van der Waals surface area contributed by atoms with Gasteiger partial charge in [-0.05, 0) is 61.9 Å². The highest BCUT2D eigenvalue weighted by Crippen LogP contribution is 2.28. The molecule has 0 fully saturated rings. The van der Waals surface area contributed by atoms with E-state index in [1.807, 2.05) is 13.8 Å². The van der Waals surface area contributed by atoms with E-state index in [1.165, 1.54) is 36.5 Å². The summed E-state index contributed by atoms with van der Waals surface area (Å²) in [7, 11) is -4.25. The van der Waals surface area contributed by atoms with Crippen LogP contribution >= 0.6 is 0 Å². The van der Waals surface area contributed by atoms with Crippen LogP contribution in [0.2, 0.25) is 0 Å². The normalized spacial score (nSPS) is 11.2. The largest absolute Gasteiger partial charge is 0.490 e. The highest BCUT2D eigenvalue weighted by molar-refractivity contribution is 7.92. The van der Waals surface area contributed by atoms with Crippen molar-refractivity contribution in [2.45, 2.75) is 18.7 Å². The maximum absolute atomic E-state index is 14.6. The first-order valence-corrected chi connectivity index (χ1v) is 12.9. The van der Waals surface area contributed by atoms with Gasteiger partial charge in [-0.3, -0.25) is 9.10 Å². The molecule has 0 atom stereocenters. The summed E-state index contributed by atoms with van der Waals surface area (Å²) in [6, 6.07) is 16.5. The molecule has 3 rings (SSSR count). The summed E-state index contributed by atoms with van der Waals surface area (Å²) in [4.78, 5) is 12.6. The summed E-state index contributed by atoms with van der Waals surface area (Å²) >= 11 is 0. The van der Waals surface area contributed by atoms with Crippen molar-refractivity contribution in [2.75, 3.05) is 24.1 Å². The number of para-hydroxylation sites is 1. The number of nitrogens with one attached hydrogen (secondary N) is 1. The average Bonchev–Trinajstić information content (AvgIpc) is 2.88. The molecule has 0 radical (unpaired) electrons. The van der Waals surface area contributed by atoms with Crippen molar-refractivity contribution in [1.82, 2.24) is 5.43 Å².